The zero-order valence-electron chi connectivity index (χ0n) is 15.5. The number of hydrogen-bond donors (Lipinski definition) is 2. The number of nitrogens with zero attached hydrogens (tertiary/aromatic N) is 1. The molecule has 0 spiro atoms. The maximum absolute atomic E-state index is 12.9. The maximum Gasteiger partial charge on any atom is 0.257 e. The van der Waals surface area contributed by atoms with Crippen molar-refractivity contribution in [2.45, 2.75) is 6.54 Å². The number of carbonyl (C=O) groups excluding carboxylic acids is 1. The lowest BCUT2D eigenvalue weighted by atomic mass is 10.2. The van der Waals surface area contributed by atoms with Gasteiger partial charge in [-0.2, -0.15) is 0 Å². The van der Waals surface area contributed by atoms with Crippen LogP contribution in [0, 0.1) is 5.82 Å². The third-order valence-corrected chi connectivity index (χ3v) is 4.07. The van der Waals surface area contributed by atoms with Crippen molar-refractivity contribution in [1.29, 1.82) is 0 Å². The van der Waals surface area contributed by atoms with Crippen LogP contribution in [0.15, 0.2) is 60.8 Å². The molecule has 0 unspecified atom stereocenters. The van der Waals surface area contributed by atoms with E-state index in [9.17, 15) is 9.18 Å². The Morgan fingerprint density at radius 3 is 2.46 bits per heavy atom. The lowest BCUT2D eigenvalue weighted by Gasteiger charge is -2.12. The fourth-order valence-corrected chi connectivity index (χ4v) is 2.53. The number of hydrogen-bond acceptors (Lipinski definition) is 5. The van der Waals surface area contributed by atoms with Crippen LogP contribution in [-0.2, 0) is 6.54 Å². The molecule has 6 nitrogen and oxygen atoms in total. The number of aromatic nitrogens is 1. The van der Waals surface area contributed by atoms with Gasteiger partial charge in [-0.05, 0) is 42.0 Å². The van der Waals surface area contributed by atoms with Gasteiger partial charge >= 0.3 is 0 Å². The Morgan fingerprint density at radius 1 is 1.04 bits per heavy atom. The predicted octanol–water partition coefficient (Wildman–Crippen LogP) is 4.10. The second-order valence-corrected chi connectivity index (χ2v) is 5.93. The summed E-state index contributed by atoms with van der Waals surface area (Å²) >= 11 is 0. The monoisotopic (exact) mass is 381 g/mol. The largest absolute Gasteiger partial charge is 0.497 e. The smallest absolute Gasteiger partial charge is 0.257 e. The van der Waals surface area contributed by atoms with Crippen molar-refractivity contribution in [3.8, 4) is 11.5 Å². The van der Waals surface area contributed by atoms with Gasteiger partial charge in [0.2, 0.25) is 0 Å². The van der Waals surface area contributed by atoms with Crippen LogP contribution >= 0.6 is 0 Å². The number of benzene rings is 2. The number of pyridine rings is 1. The summed E-state index contributed by atoms with van der Waals surface area (Å²) in [6.07, 6.45) is 1.48. The SMILES string of the molecule is COc1ccc(OC)c(NC(=O)c2ccc(NCc3ccc(F)cc3)nc2)c1. The summed E-state index contributed by atoms with van der Waals surface area (Å²) in [5.74, 6) is 1.16. The highest BCUT2D eigenvalue weighted by Gasteiger charge is 2.11. The van der Waals surface area contributed by atoms with E-state index < -0.39 is 0 Å². The molecule has 3 rings (SSSR count). The number of amides is 1. The van der Waals surface area contributed by atoms with E-state index in [2.05, 4.69) is 15.6 Å². The molecule has 0 atom stereocenters. The highest BCUT2D eigenvalue weighted by Crippen LogP contribution is 2.29. The number of methoxy groups -OCH3 is 2. The molecule has 3 aromatic rings. The van der Waals surface area contributed by atoms with E-state index in [1.807, 2.05) is 0 Å². The van der Waals surface area contributed by atoms with Crippen molar-refractivity contribution < 1.29 is 18.7 Å². The summed E-state index contributed by atoms with van der Waals surface area (Å²) < 4.78 is 23.4. The van der Waals surface area contributed by atoms with E-state index in [0.29, 0.717) is 35.1 Å². The number of rotatable bonds is 7. The van der Waals surface area contributed by atoms with E-state index in [-0.39, 0.29) is 11.7 Å². The van der Waals surface area contributed by atoms with Crippen LogP contribution in [0.4, 0.5) is 15.9 Å². The maximum atomic E-state index is 12.9. The molecule has 0 aliphatic carbocycles. The molecule has 1 amide bonds. The zero-order chi connectivity index (χ0) is 19.9. The van der Waals surface area contributed by atoms with Crippen molar-refractivity contribution in [2.24, 2.45) is 0 Å². The highest BCUT2D eigenvalue weighted by molar-refractivity contribution is 6.05. The first kappa shape index (κ1) is 19.2. The number of ether oxygens (including phenoxy) is 2. The Bertz CT molecular complexity index is 944. The first-order valence-corrected chi connectivity index (χ1v) is 8.57. The average molecular weight is 381 g/mol. The van der Waals surface area contributed by atoms with Gasteiger partial charge < -0.3 is 20.1 Å². The minimum Gasteiger partial charge on any atom is -0.497 e. The first-order valence-electron chi connectivity index (χ1n) is 8.57. The number of carbonyl (C=O) groups is 1. The Balaban J connectivity index is 1.64. The first-order chi connectivity index (χ1) is 13.6. The molecule has 1 heterocycles. The fraction of sp³-hybridized carbons (Fsp3) is 0.143. The summed E-state index contributed by atoms with van der Waals surface area (Å²) in [7, 11) is 3.08. The summed E-state index contributed by atoms with van der Waals surface area (Å²) in [6.45, 7) is 0.500. The van der Waals surface area contributed by atoms with E-state index >= 15 is 0 Å². The van der Waals surface area contributed by atoms with Gasteiger partial charge in [-0.3, -0.25) is 4.79 Å². The molecule has 0 bridgehead atoms. The summed E-state index contributed by atoms with van der Waals surface area (Å²) in [5.41, 5.74) is 1.83. The highest BCUT2D eigenvalue weighted by atomic mass is 19.1. The molecule has 0 aliphatic rings. The van der Waals surface area contributed by atoms with Crippen LogP contribution in [0.2, 0.25) is 0 Å². The molecule has 2 N–H and O–H groups in total. The minimum absolute atomic E-state index is 0.273. The quantitative estimate of drug-likeness (QED) is 0.645. The van der Waals surface area contributed by atoms with Crippen molar-refractivity contribution in [3.63, 3.8) is 0 Å². The van der Waals surface area contributed by atoms with Gasteiger partial charge in [0.05, 0.1) is 25.5 Å². The zero-order valence-corrected chi connectivity index (χ0v) is 15.5. The van der Waals surface area contributed by atoms with Crippen LogP contribution in [0.3, 0.4) is 0 Å². The summed E-state index contributed by atoms with van der Waals surface area (Å²) in [5, 5.41) is 5.92. The van der Waals surface area contributed by atoms with Gasteiger partial charge in [0.1, 0.15) is 23.1 Å². The summed E-state index contributed by atoms with van der Waals surface area (Å²) in [4.78, 5) is 16.7. The normalized spacial score (nSPS) is 10.2. The van der Waals surface area contributed by atoms with E-state index in [0.717, 1.165) is 5.56 Å². The average Bonchev–Trinajstić information content (AvgIpc) is 2.73. The molecular weight excluding hydrogens is 361 g/mol. The van der Waals surface area contributed by atoms with Gasteiger partial charge in [0, 0.05) is 18.8 Å². The molecule has 144 valence electrons. The van der Waals surface area contributed by atoms with E-state index in [1.54, 1.807) is 49.6 Å². The lowest BCUT2D eigenvalue weighted by molar-refractivity contribution is 0.102. The van der Waals surface area contributed by atoms with Crippen molar-refractivity contribution in [1.82, 2.24) is 4.98 Å². The third-order valence-electron chi connectivity index (χ3n) is 4.07. The molecule has 2 aromatic carbocycles. The van der Waals surface area contributed by atoms with Gasteiger partial charge in [-0.1, -0.05) is 12.1 Å². The molecule has 0 fully saturated rings. The van der Waals surface area contributed by atoms with E-state index in [4.69, 9.17) is 9.47 Å². The number of halogens is 1. The van der Waals surface area contributed by atoms with Crippen molar-refractivity contribution in [2.75, 3.05) is 24.9 Å². The molecule has 0 radical (unpaired) electrons. The Labute approximate surface area is 162 Å². The third kappa shape index (κ3) is 4.76. The van der Waals surface area contributed by atoms with Gasteiger partial charge in [-0.25, -0.2) is 9.37 Å². The minimum atomic E-state index is -0.316. The molecule has 7 heteroatoms. The molecule has 0 saturated heterocycles. The molecule has 0 saturated carbocycles. The summed E-state index contributed by atoms with van der Waals surface area (Å²) in [6, 6.07) is 14.7. The topological polar surface area (TPSA) is 72.5 Å². The van der Waals surface area contributed by atoms with Crippen LogP contribution in [0.25, 0.3) is 0 Å². The van der Waals surface area contributed by atoms with Gasteiger partial charge in [0.15, 0.2) is 0 Å². The Hall–Kier alpha value is -3.61. The van der Waals surface area contributed by atoms with Gasteiger partial charge in [-0.15, -0.1) is 0 Å². The molecular formula is C21H20FN3O3. The van der Waals surface area contributed by atoms with Crippen LogP contribution in [0.5, 0.6) is 11.5 Å². The second kappa shape index (κ2) is 8.85. The van der Waals surface area contributed by atoms with E-state index in [1.165, 1.54) is 25.4 Å². The lowest BCUT2D eigenvalue weighted by Crippen LogP contribution is -2.13. The van der Waals surface area contributed by atoms with Crippen molar-refractivity contribution >= 4 is 17.4 Å². The van der Waals surface area contributed by atoms with Crippen LogP contribution in [-0.4, -0.2) is 25.1 Å². The number of nitrogens with one attached hydrogen (secondary N) is 2. The fourth-order valence-electron chi connectivity index (χ4n) is 2.53. The van der Waals surface area contributed by atoms with Crippen LogP contribution in [0.1, 0.15) is 15.9 Å². The van der Waals surface area contributed by atoms with Gasteiger partial charge in [0.25, 0.3) is 5.91 Å². The standard InChI is InChI=1S/C21H20FN3O3/c1-27-17-8-9-19(28-2)18(11-17)25-21(26)15-5-10-20(24-13-15)23-12-14-3-6-16(22)7-4-14/h3-11,13H,12H2,1-2H3,(H,23,24)(H,25,26). The van der Waals surface area contributed by atoms with Crippen LogP contribution < -0.4 is 20.1 Å². The Morgan fingerprint density at radius 2 is 1.82 bits per heavy atom. The van der Waals surface area contributed by atoms with Crippen molar-refractivity contribution in [3.05, 3.63) is 77.7 Å². The second-order valence-electron chi connectivity index (χ2n) is 5.93. The molecule has 1 aromatic heterocycles. The Kier molecular flexibility index (Phi) is 6.06. The molecule has 0 aliphatic heterocycles. The predicted molar refractivity (Wildman–Crippen MR) is 105 cm³/mol. The number of anilines is 2. The molecule has 28 heavy (non-hydrogen) atoms.